The molecular formula is C30H27N5O3. The fourth-order valence-corrected chi connectivity index (χ4v) is 4.10. The predicted molar refractivity (Wildman–Crippen MR) is 148 cm³/mol. The molecule has 0 saturated heterocycles. The average Bonchev–Trinajstić information content (AvgIpc) is 3.38. The molecule has 38 heavy (non-hydrogen) atoms. The number of imidazole rings is 1. The Bertz CT molecular complexity index is 1650. The van der Waals surface area contributed by atoms with Crippen LogP contribution in [0.4, 0.5) is 17.2 Å². The lowest BCUT2D eigenvalue weighted by Gasteiger charge is -2.19. The van der Waals surface area contributed by atoms with Gasteiger partial charge in [-0.1, -0.05) is 51.1 Å². The molecule has 0 radical (unpaired) electrons. The monoisotopic (exact) mass is 505 g/mol. The molecule has 2 aromatic heterocycles. The summed E-state index contributed by atoms with van der Waals surface area (Å²) < 4.78 is 1.84. The quantitative estimate of drug-likeness (QED) is 0.247. The number of nitrogens with zero attached hydrogens (tertiary/aromatic N) is 3. The molecule has 8 nitrogen and oxygen atoms in total. The van der Waals surface area contributed by atoms with Gasteiger partial charge in [0.1, 0.15) is 0 Å². The van der Waals surface area contributed by atoms with Crippen LogP contribution < -0.4 is 10.6 Å². The highest BCUT2D eigenvalue weighted by atomic mass is 16.4. The minimum absolute atomic E-state index is 0.0133. The first-order valence-electron chi connectivity index (χ1n) is 12.1. The third kappa shape index (κ3) is 5.24. The molecule has 190 valence electrons. The van der Waals surface area contributed by atoms with Gasteiger partial charge in [0, 0.05) is 41.1 Å². The van der Waals surface area contributed by atoms with Crippen LogP contribution in [0.5, 0.6) is 0 Å². The van der Waals surface area contributed by atoms with Gasteiger partial charge in [0.2, 0.25) is 0 Å². The maximum absolute atomic E-state index is 12.9. The summed E-state index contributed by atoms with van der Waals surface area (Å²) in [6.45, 7) is 6.41. The predicted octanol–water partition coefficient (Wildman–Crippen LogP) is 6.39. The molecule has 1 amide bonds. The van der Waals surface area contributed by atoms with Gasteiger partial charge in [-0.2, -0.15) is 0 Å². The van der Waals surface area contributed by atoms with E-state index in [4.69, 9.17) is 4.98 Å². The van der Waals surface area contributed by atoms with Gasteiger partial charge in [-0.25, -0.2) is 14.8 Å². The minimum Gasteiger partial charge on any atom is -0.478 e. The molecule has 8 heteroatoms. The largest absolute Gasteiger partial charge is 0.478 e. The first-order chi connectivity index (χ1) is 18.2. The van der Waals surface area contributed by atoms with Gasteiger partial charge in [-0.15, -0.1) is 0 Å². The zero-order valence-corrected chi connectivity index (χ0v) is 21.3. The summed E-state index contributed by atoms with van der Waals surface area (Å²) in [6.07, 6.45) is 5.33. The second-order valence-electron chi connectivity index (χ2n) is 10.0. The highest BCUT2D eigenvalue weighted by Crippen LogP contribution is 2.27. The van der Waals surface area contributed by atoms with E-state index in [1.54, 1.807) is 24.4 Å². The molecular weight excluding hydrogens is 478 g/mol. The number of rotatable bonds is 6. The molecule has 0 aliphatic heterocycles. The molecule has 0 aliphatic carbocycles. The Morgan fingerprint density at radius 3 is 2.37 bits per heavy atom. The Morgan fingerprint density at radius 1 is 0.895 bits per heavy atom. The van der Waals surface area contributed by atoms with Crippen LogP contribution in [0, 0.1) is 0 Å². The summed E-state index contributed by atoms with van der Waals surface area (Å²) in [5.41, 5.74) is 5.19. The maximum Gasteiger partial charge on any atom is 0.335 e. The third-order valence-corrected chi connectivity index (χ3v) is 6.18. The lowest BCUT2D eigenvalue weighted by Crippen LogP contribution is -2.14. The smallest absolute Gasteiger partial charge is 0.335 e. The number of carbonyl (C=O) groups excluding carboxylic acids is 1. The fourth-order valence-electron chi connectivity index (χ4n) is 4.10. The standard InChI is InChI=1S/C30H27N5O3/c1-30(2,3)22-12-10-19(11-13-22)28(36)33-24-9-4-6-20(16-24)25-18-35-15-14-31-27(35)26(34-25)32-23-8-5-7-21(17-23)29(37)38/h4-18H,1-3H3,(H,32,34)(H,33,36)(H,37,38). The van der Waals surface area contributed by atoms with Gasteiger partial charge in [0.25, 0.3) is 5.91 Å². The second kappa shape index (κ2) is 9.82. The van der Waals surface area contributed by atoms with Crippen LogP contribution in [-0.4, -0.2) is 31.4 Å². The normalized spacial score (nSPS) is 11.3. The van der Waals surface area contributed by atoms with E-state index in [1.165, 1.54) is 6.07 Å². The van der Waals surface area contributed by atoms with Crippen molar-refractivity contribution in [2.75, 3.05) is 10.6 Å². The number of hydrogen-bond donors (Lipinski definition) is 3. The van der Waals surface area contributed by atoms with E-state index in [1.807, 2.05) is 65.3 Å². The molecule has 0 fully saturated rings. The molecule has 0 bridgehead atoms. The molecule has 5 aromatic rings. The SMILES string of the molecule is CC(C)(C)c1ccc(C(=O)Nc2cccc(-c3cn4ccnc4c(Nc4cccc(C(=O)O)c4)n3)c2)cc1. The number of amides is 1. The van der Waals surface area contributed by atoms with Gasteiger partial charge in [0.05, 0.1) is 11.3 Å². The van der Waals surface area contributed by atoms with Crippen LogP contribution in [0.15, 0.2) is 91.4 Å². The summed E-state index contributed by atoms with van der Waals surface area (Å²) in [6, 6.07) is 21.6. The Balaban J connectivity index is 1.42. The summed E-state index contributed by atoms with van der Waals surface area (Å²) in [7, 11) is 0. The number of nitrogens with one attached hydrogen (secondary N) is 2. The highest BCUT2D eigenvalue weighted by Gasteiger charge is 2.15. The topological polar surface area (TPSA) is 109 Å². The summed E-state index contributed by atoms with van der Waals surface area (Å²) >= 11 is 0. The van der Waals surface area contributed by atoms with Crippen molar-refractivity contribution in [1.82, 2.24) is 14.4 Å². The highest BCUT2D eigenvalue weighted by molar-refractivity contribution is 6.04. The number of carboxylic acid groups (broad SMARTS) is 1. The van der Waals surface area contributed by atoms with Crippen LogP contribution in [-0.2, 0) is 5.41 Å². The number of carbonyl (C=O) groups is 2. The van der Waals surface area contributed by atoms with E-state index >= 15 is 0 Å². The molecule has 2 heterocycles. The molecule has 0 saturated carbocycles. The average molecular weight is 506 g/mol. The van der Waals surface area contributed by atoms with Gasteiger partial charge in [-0.3, -0.25) is 4.79 Å². The van der Waals surface area contributed by atoms with Crippen LogP contribution in [0.3, 0.4) is 0 Å². The van der Waals surface area contributed by atoms with Crippen molar-refractivity contribution in [2.24, 2.45) is 0 Å². The molecule has 0 atom stereocenters. The van der Waals surface area contributed by atoms with E-state index in [9.17, 15) is 14.7 Å². The van der Waals surface area contributed by atoms with Crippen molar-refractivity contribution in [3.63, 3.8) is 0 Å². The number of carboxylic acids is 1. The van der Waals surface area contributed by atoms with Gasteiger partial charge < -0.3 is 20.1 Å². The molecule has 0 spiro atoms. The lowest BCUT2D eigenvalue weighted by molar-refractivity contribution is 0.0696. The van der Waals surface area contributed by atoms with Crippen LogP contribution in [0.1, 0.15) is 47.1 Å². The number of aromatic nitrogens is 3. The molecule has 3 aromatic carbocycles. The maximum atomic E-state index is 12.9. The van der Waals surface area contributed by atoms with E-state index < -0.39 is 5.97 Å². The van der Waals surface area contributed by atoms with Gasteiger partial charge in [-0.05, 0) is 53.4 Å². The zero-order valence-electron chi connectivity index (χ0n) is 21.3. The fraction of sp³-hybridized carbons (Fsp3) is 0.133. The van der Waals surface area contributed by atoms with E-state index in [0.717, 1.165) is 11.1 Å². The van der Waals surface area contributed by atoms with Crippen molar-refractivity contribution in [3.05, 3.63) is 108 Å². The van der Waals surface area contributed by atoms with Crippen molar-refractivity contribution < 1.29 is 14.7 Å². The van der Waals surface area contributed by atoms with E-state index in [0.29, 0.717) is 34.1 Å². The van der Waals surface area contributed by atoms with Crippen LogP contribution in [0.25, 0.3) is 16.9 Å². The molecule has 3 N–H and O–H groups in total. The number of anilines is 3. The number of aromatic carboxylic acids is 1. The van der Waals surface area contributed by atoms with E-state index in [-0.39, 0.29) is 16.9 Å². The molecule has 0 unspecified atom stereocenters. The van der Waals surface area contributed by atoms with Gasteiger partial charge >= 0.3 is 5.97 Å². The van der Waals surface area contributed by atoms with Crippen LogP contribution >= 0.6 is 0 Å². The summed E-state index contributed by atoms with van der Waals surface area (Å²) in [5, 5.41) is 15.5. The lowest BCUT2D eigenvalue weighted by atomic mass is 9.87. The Labute approximate surface area is 220 Å². The van der Waals surface area contributed by atoms with Crippen LogP contribution in [0.2, 0.25) is 0 Å². The number of fused-ring (bicyclic) bond motifs is 1. The zero-order chi connectivity index (χ0) is 26.9. The van der Waals surface area contributed by atoms with Crippen molar-refractivity contribution in [1.29, 1.82) is 0 Å². The van der Waals surface area contributed by atoms with Crippen molar-refractivity contribution in [2.45, 2.75) is 26.2 Å². The Hall–Kier alpha value is -4.98. The Kier molecular flexibility index (Phi) is 6.38. The van der Waals surface area contributed by atoms with Crippen molar-refractivity contribution >= 4 is 34.7 Å². The van der Waals surface area contributed by atoms with Gasteiger partial charge in [0.15, 0.2) is 11.5 Å². The summed E-state index contributed by atoms with van der Waals surface area (Å²) in [4.78, 5) is 33.4. The molecule has 5 rings (SSSR count). The van der Waals surface area contributed by atoms with E-state index in [2.05, 4.69) is 36.4 Å². The molecule has 0 aliphatic rings. The Morgan fingerprint density at radius 2 is 1.63 bits per heavy atom. The minimum atomic E-state index is -1.01. The number of benzene rings is 3. The second-order valence-corrected chi connectivity index (χ2v) is 10.0. The first kappa shape index (κ1) is 24.7. The van der Waals surface area contributed by atoms with Crippen molar-refractivity contribution in [3.8, 4) is 11.3 Å². The summed E-state index contributed by atoms with van der Waals surface area (Å²) in [5.74, 6) is -0.727. The first-order valence-corrected chi connectivity index (χ1v) is 12.1. The third-order valence-electron chi connectivity index (χ3n) is 6.18. The number of hydrogen-bond acceptors (Lipinski definition) is 5.